The van der Waals surface area contributed by atoms with Gasteiger partial charge in [0.1, 0.15) is 0 Å². The van der Waals surface area contributed by atoms with Crippen LogP contribution in [0.5, 0.6) is 0 Å². The molecule has 11 heavy (non-hydrogen) atoms. The number of hydrogen-bond donors (Lipinski definition) is 0. The van der Waals surface area contributed by atoms with Crippen molar-refractivity contribution in [3.05, 3.63) is 30.1 Å². The van der Waals surface area contributed by atoms with E-state index in [1.807, 2.05) is 0 Å². The van der Waals surface area contributed by atoms with Crippen LogP contribution in [0.2, 0.25) is 0 Å². The summed E-state index contributed by atoms with van der Waals surface area (Å²) in [5, 5.41) is 7.41. The number of hydrogen-bond acceptors (Lipinski definition) is 3. The highest BCUT2D eigenvalue weighted by molar-refractivity contribution is 5.74. The van der Waals surface area contributed by atoms with E-state index in [4.69, 9.17) is 0 Å². The van der Waals surface area contributed by atoms with Crippen LogP contribution in [0.1, 0.15) is 10.4 Å². The Hall–Kier alpha value is -1.71. The molecule has 4 nitrogen and oxygen atoms in total. The fourth-order valence-corrected chi connectivity index (χ4v) is 0.907. The Bertz CT molecular complexity index is 393. The fourth-order valence-electron chi connectivity index (χ4n) is 0.907. The maximum Gasteiger partial charge on any atom is 0.151 e. The SMILES string of the molecule is O=Cc1ccc2cnnn2c1. The van der Waals surface area contributed by atoms with Crippen LogP contribution in [0.3, 0.4) is 0 Å². The summed E-state index contributed by atoms with van der Waals surface area (Å²) in [5.74, 6) is 0. The van der Waals surface area contributed by atoms with E-state index < -0.39 is 0 Å². The summed E-state index contributed by atoms with van der Waals surface area (Å²) >= 11 is 0. The van der Waals surface area contributed by atoms with Crippen molar-refractivity contribution < 1.29 is 4.79 Å². The third-order valence-electron chi connectivity index (χ3n) is 1.46. The van der Waals surface area contributed by atoms with E-state index in [1.165, 1.54) is 0 Å². The molecule has 0 atom stereocenters. The molecular weight excluding hydrogens is 142 g/mol. The van der Waals surface area contributed by atoms with Gasteiger partial charge in [-0.3, -0.25) is 4.79 Å². The number of fused-ring (bicyclic) bond motifs is 1. The molecule has 0 unspecified atom stereocenters. The van der Waals surface area contributed by atoms with E-state index in [-0.39, 0.29) is 0 Å². The van der Waals surface area contributed by atoms with Gasteiger partial charge in [0.05, 0.1) is 11.7 Å². The molecule has 0 aromatic carbocycles. The highest BCUT2D eigenvalue weighted by Gasteiger charge is 1.94. The van der Waals surface area contributed by atoms with E-state index in [0.29, 0.717) is 5.56 Å². The predicted octanol–water partition coefficient (Wildman–Crippen LogP) is 0.542. The molecule has 4 heteroatoms. The zero-order valence-corrected chi connectivity index (χ0v) is 5.64. The Balaban J connectivity index is 2.76. The van der Waals surface area contributed by atoms with Crippen molar-refractivity contribution in [1.82, 2.24) is 14.8 Å². The van der Waals surface area contributed by atoms with Crippen LogP contribution >= 0.6 is 0 Å². The van der Waals surface area contributed by atoms with Gasteiger partial charge < -0.3 is 0 Å². The molecule has 0 aliphatic carbocycles. The highest BCUT2D eigenvalue weighted by atomic mass is 16.1. The average molecular weight is 147 g/mol. The van der Waals surface area contributed by atoms with Crippen LogP contribution in [0, 0.1) is 0 Å². The molecule has 0 N–H and O–H groups in total. The molecular formula is C7H5N3O. The fraction of sp³-hybridized carbons (Fsp3) is 0. The number of pyridine rings is 1. The first-order valence-electron chi connectivity index (χ1n) is 3.15. The van der Waals surface area contributed by atoms with Gasteiger partial charge in [-0.25, -0.2) is 4.52 Å². The van der Waals surface area contributed by atoms with Crippen LogP contribution in [0.25, 0.3) is 5.52 Å². The summed E-state index contributed by atoms with van der Waals surface area (Å²) in [6.45, 7) is 0. The molecule has 0 saturated carbocycles. The number of aldehydes is 1. The number of nitrogens with zero attached hydrogens (tertiary/aromatic N) is 3. The molecule has 0 amide bonds. The topological polar surface area (TPSA) is 47.3 Å². The Morgan fingerprint density at radius 1 is 1.45 bits per heavy atom. The van der Waals surface area contributed by atoms with Crippen LogP contribution in [-0.2, 0) is 0 Å². The van der Waals surface area contributed by atoms with Gasteiger partial charge in [0.15, 0.2) is 6.29 Å². The zero-order valence-electron chi connectivity index (χ0n) is 5.64. The van der Waals surface area contributed by atoms with Crippen LogP contribution < -0.4 is 0 Å². The van der Waals surface area contributed by atoms with Crippen molar-refractivity contribution in [1.29, 1.82) is 0 Å². The van der Waals surface area contributed by atoms with E-state index >= 15 is 0 Å². The monoisotopic (exact) mass is 147 g/mol. The lowest BCUT2D eigenvalue weighted by Crippen LogP contribution is -1.89. The Labute approximate surface area is 62.5 Å². The third kappa shape index (κ3) is 0.881. The minimum Gasteiger partial charge on any atom is -0.298 e. The lowest BCUT2D eigenvalue weighted by atomic mass is 10.3. The Morgan fingerprint density at radius 3 is 3.18 bits per heavy atom. The predicted molar refractivity (Wildman–Crippen MR) is 38.4 cm³/mol. The molecule has 2 aromatic rings. The average Bonchev–Trinajstić information content (AvgIpc) is 2.50. The molecule has 2 rings (SSSR count). The minimum atomic E-state index is 0.600. The maximum absolute atomic E-state index is 10.3. The number of carbonyl (C=O) groups excluding carboxylic acids is 1. The second-order valence-corrected chi connectivity index (χ2v) is 2.18. The Morgan fingerprint density at radius 2 is 2.36 bits per heavy atom. The van der Waals surface area contributed by atoms with Gasteiger partial charge in [0.2, 0.25) is 0 Å². The lowest BCUT2D eigenvalue weighted by molar-refractivity contribution is 0.112. The van der Waals surface area contributed by atoms with E-state index in [9.17, 15) is 4.79 Å². The molecule has 0 spiro atoms. The van der Waals surface area contributed by atoms with E-state index in [2.05, 4.69) is 10.3 Å². The summed E-state index contributed by atoms with van der Waals surface area (Å²) in [4.78, 5) is 10.3. The normalized spacial score (nSPS) is 10.2. The van der Waals surface area contributed by atoms with Gasteiger partial charge >= 0.3 is 0 Å². The summed E-state index contributed by atoms with van der Waals surface area (Å²) in [7, 11) is 0. The molecule has 0 saturated heterocycles. The van der Waals surface area contributed by atoms with Gasteiger partial charge in [-0.2, -0.15) is 0 Å². The smallest absolute Gasteiger partial charge is 0.151 e. The quantitative estimate of drug-likeness (QED) is 0.553. The van der Waals surface area contributed by atoms with Crippen molar-refractivity contribution in [3.8, 4) is 0 Å². The molecule has 0 aliphatic heterocycles. The second-order valence-electron chi connectivity index (χ2n) is 2.18. The van der Waals surface area contributed by atoms with Gasteiger partial charge in [-0.05, 0) is 12.1 Å². The molecule has 0 radical (unpaired) electrons. The summed E-state index contributed by atoms with van der Waals surface area (Å²) in [6.07, 6.45) is 4.05. The molecule has 0 bridgehead atoms. The second kappa shape index (κ2) is 2.16. The lowest BCUT2D eigenvalue weighted by Gasteiger charge is -1.90. The zero-order chi connectivity index (χ0) is 7.68. The number of aromatic nitrogens is 3. The highest BCUT2D eigenvalue weighted by Crippen LogP contribution is 2.00. The molecule has 0 aliphatic rings. The van der Waals surface area contributed by atoms with Crippen molar-refractivity contribution in [2.24, 2.45) is 0 Å². The standard InChI is InChI=1S/C7H5N3O/c11-5-6-1-2-7-3-8-9-10(7)4-6/h1-5H. The van der Waals surface area contributed by atoms with Gasteiger partial charge in [0.25, 0.3) is 0 Å². The van der Waals surface area contributed by atoms with Gasteiger partial charge in [-0.1, -0.05) is 5.21 Å². The van der Waals surface area contributed by atoms with Gasteiger partial charge in [0, 0.05) is 11.8 Å². The van der Waals surface area contributed by atoms with Crippen molar-refractivity contribution in [2.45, 2.75) is 0 Å². The molecule has 54 valence electrons. The van der Waals surface area contributed by atoms with Crippen molar-refractivity contribution in [3.63, 3.8) is 0 Å². The molecule has 0 fully saturated rings. The Kier molecular flexibility index (Phi) is 1.18. The van der Waals surface area contributed by atoms with Crippen LogP contribution in [0.4, 0.5) is 0 Å². The summed E-state index contributed by atoms with van der Waals surface area (Å²) in [5.41, 5.74) is 1.48. The van der Waals surface area contributed by atoms with E-state index in [1.54, 1.807) is 29.0 Å². The summed E-state index contributed by atoms with van der Waals surface area (Å²) < 4.78 is 1.56. The molecule has 2 aromatic heterocycles. The van der Waals surface area contributed by atoms with Crippen LogP contribution in [-0.4, -0.2) is 21.1 Å². The minimum absolute atomic E-state index is 0.600. The largest absolute Gasteiger partial charge is 0.298 e. The third-order valence-corrected chi connectivity index (χ3v) is 1.46. The number of rotatable bonds is 1. The van der Waals surface area contributed by atoms with Crippen LogP contribution in [0.15, 0.2) is 24.5 Å². The maximum atomic E-state index is 10.3. The van der Waals surface area contributed by atoms with Crippen molar-refractivity contribution >= 4 is 11.8 Å². The van der Waals surface area contributed by atoms with E-state index in [0.717, 1.165) is 11.8 Å². The van der Waals surface area contributed by atoms with Gasteiger partial charge in [-0.15, -0.1) is 5.10 Å². The number of carbonyl (C=O) groups is 1. The molecule has 2 heterocycles. The summed E-state index contributed by atoms with van der Waals surface area (Å²) in [6, 6.07) is 3.52. The first-order chi connectivity index (χ1) is 5.40. The van der Waals surface area contributed by atoms with Crippen molar-refractivity contribution in [2.75, 3.05) is 0 Å². The first-order valence-corrected chi connectivity index (χ1v) is 3.15. The first kappa shape index (κ1) is 6.03.